The summed E-state index contributed by atoms with van der Waals surface area (Å²) in [4.78, 5) is 34.7. The first kappa shape index (κ1) is 22.4. The molecule has 1 heterocycles. The quantitative estimate of drug-likeness (QED) is 0.585. The van der Waals surface area contributed by atoms with Crippen LogP contribution in [0.3, 0.4) is 0 Å². The van der Waals surface area contributed by atoms with Gasteiger partial charge >= 0.3 is 12.1 Å². The van der Waals surface area contributed by atoms with Gasteiger partial charge in [-0.3, -0.25) is 4.79 Å². The molecular weight excluding hydrogens is 424 g/mol. The van der Waals surface area contributed by atoms with Gasteiger partial charge in [-0.15, -0.1) is 0 Å². The Morgan fingerprint density at radius 1 is 1.00 bits per heavy atom. The highest BCUT2D eigenvalue weighted by Crippen LogP contribution is 2.44. The van der Waals surface area contributed by atoms with Crippen molar-refractivity contribution in [2.24, 2.45) is 0 Å². The number of carboxylic acid groups (broad SMARTS) is 1. The number of alkyl carbamates (subject to hydrolysis) is 1. The first-order valence-corrected chi connectivity index (χ1v) is 10.8. The fourth-order valence-corrected chi connectivity index (χ4v) is 4.18. The smallest absolute Gasteiger partial charge is 0.407 e. The average molecular weight is 448 g/mol. The van der Waals surface area contributed by atoms with Gasteiger partial charge in [-0.25, -0.2) is 9.59 Å². The molecule has 2 amide bonds. The van der Waals surface area contributed by atoms with Gasteiger partial charge in [0.15, 0.2) is 6.10 Å². The summed E-state index contributed by atoms with van der Waals surface area (Å²) in [6.45, 7) is 0.356. The van der Waals surface area contributed by atoms with Crippen LogP contribution in [-0.4, -0.2) is 55.0 Å². The van der Waals surface area contributed by atoms with Crippen LogP contribution in [0.25, 0.3) is 11.1 Å². The monoisotopic (exact) mass is 448 g/mol. The summed E-state index contributed by atoms with van der Waals surface area (Å²) < 4.78 is 10.7. The fourth-order valence-electron chi connectivity index (χ4n) is 4.18. The third-order valence-corrected chi connectivity index (χ3v) is 5.74. The largest absolute Gasteiger partial charge is 0.479 e. The molecule has 1 fully saturated rings. The van der Waals surface area contributed by atoms with Crippen molar-refractivity contribution in [2.45, 2.75) is 31.0 Å². The Kier molecular flexibility index (Phi) is 6.91. The van der Waals surface area contributed by atoms with E-state index in [0.29, 0.717) is 12.8 Å². The van der Waals surface area contributed by atoms with E-state index in [1.54, 1.807) is 0 Å². The molecule has 0 spiro atoms. The minimum atomic E-state index is -0.997. The highest BCUT2D eigenvalue weighted by molar-refractivity contribution is 5.93. The maximum Gasteiger partial charge on any atom is 0.407 e. The van der Waals surface area contributed by atoms with E-state index in [2.05, 4.69) is 34.6 Å². The number of carbonyl (C=O) groups excluding carboxylic acids is 2. The molecule has 1 saturated heterocycles. The molecule has 1 aliphatic heterocycles. The van der Waals surface area contributed by atoms with Crippen LogP contribution in [0.5, 0.6) is 0 Å². The van der Waals surface area contributed by atoms with Crippen molar-refractivity contribution in [3.8, 4) is 23.0 Å². The molecule has 0 radical (unpaired) electrons. The third kappa shape index (κ3) is 5.33. The van der Waals surface area contributed by atoms with Crippen LogP contribution in [0.1, 0.15) is 29.9 Å². The molecule has 33 heavy (non-hydrogen) atoms. The molecule has 0 aromatic heterocycles. The SMILES string of the molecule is O=C(C#CCNC(=O)OCC1c2ccccc2-c2ccccc21)NCC1CCC(C(=O)O)O1. The van der Waals surface area contributed by atoms with Gasteiger partial charge in [0.2, 0.25) is 0 Å². The van der Waals surface area contributed by atoms with Gasteiger partial charge in [0.1, 0.15) is 6.61 Å². The van der Waals surface area contributed by atoms with Crippen molar-refractivity contribution in [3.05, 3.63) is 59.7 Å². The minimum Gasteiger partial charge on any atom is -0.479 e. The van der Waals surface area contributed by atoms with Crippen LogP contribution >= 0.6 is 0 Å². The Labute approximate surface area is 191 Å². The number of hydrogen-bond donors (Lipinski definition) is 3. The van der Waals surface area contributed by atoms with E-state index in [1.807, 2.05) is 36.4 Å². The highest BCUT2D eigenvalue weighted by Gasteiger charge is 2.30. The summed E-state index contributed by atoms with van der Waals surface area (Å²) >= 11 is 0. The zero-order valence-electron chi connectivity index (χ0n) is 17.9. The summed E-state index contributed by atoms with van der Waals surface area (Å²) in [5.41, 5.74) is 4.56. The lowest BCUT2D eigenvalue weighted by atomic mass is 9.98. The topological polar surface area (TPSA) is 114 Å². The van der Waals surface area contributed by atoms with E-state index < -0.39 is 24.1 Å². The lowest BCUT2D eigenvalue weighted by molar-refractivity contribution is -0.149. The molecule has 8 nitrogen and oxygen atoms in total. The second kappa shape index (κ2) is 10.2. The predicted molar refractivity (Wildman–Crippen MR) is 119 cm³/mol. The number of nitrogens with one attached hydrogen (secondary N) is 2. The van der Waals surface area contributed by atoms with Gasteiger partial charge in [0.05, 0.1) is 12.6 Å². The number of aliphatic carboxylic acids is 1. The molecular formula is C25H24N2O6. The molecule has 0 saturated carbocycles. The van der Waals surface area contributed by atoms with Crippen LogP contribution in [-0.2, 0) is 19.1 Å². The summed E-state index contributed by atoms with van der Waals surface area (Å²) in [5, 5.41) is 14.0. The van der Waals surface area contributed by atoms with Crippen molar-refractivity contribution in [1.82, 2.24) is 10.6 Å². The van der Waals surface area contributed by atoms with Gasteiger partial charge in [-0.1, -0.05) is 54.5 Å². The molecule has 1 aliphatic carbocycles. The summed E-state index contributed by atoms with van der Waals surface area (Å²) in [7, 11) is 0. The predicted octanol–water partition coefficient (Wildman–Crippen LogP) is 2.28. The molecule has 8 heteroatoms. The van der Waals surface area contributed by atoms with Crippen LogP contribution in [0, 0.1) is 11.8 Å². The Balaban J connectivity index is 1.19. The lowest BCUT2D eigenvalue weighted by Crippen LogP contribution is -2.32. The highest BCUT2D eigenvalue weighted by atomic mass is 16.5. The summed E-state index contributed by atoms with van der Waals surface area (Å²) in [6, 6.07) is 16.2. The maximum atomic E-state index is 12.1. The van der Waals surface area contributed by atoms with Gasteiger partial charge in [0, 0.05) is 12.5 Å². The maximum absolute atomic E-state index is 12.1. The Morgan fingerprint density at radius 3 is 2.30 bits per heavy atom. The van der Waals surface area contributed by atoms with Crippen LogP contribution < -0.4 is 10.6 Å². The van der Waals surface area contributed by atoms with Gasteiger partial charge in [-0.2, -0.15) is 0 Å². The number of amides is 2. The van der Waals surface area contributed by atoms with Crippen molar-refractivity contribution in [3.63, 3.8) is 0 Å². The lowest BCUT2D eigenvalue weighted by Gasteiger charge is -2.14. The zero-order chi connectivity index (χ0) is 23.2. The standard InChI is InChI=1S/C25H24N2O6/c28-23(27-14-16-11-12-22(33-16)24(29)30)10-5-13-26-25(31)32-15-21-19-8-3-1-6-17(19)18-7-2-4-9-20(18)21/h1-4,6-9,16,21-22H,11-15H2,(H,26,31)(H,27,28)(H,29,30). The number of hydrogen-bond acceptors (Lipinski definition) is 5. The first-order chi connectivity index (χ1) is 16.0. The van der Waals surface area contributed by atoms with Crippen LogP contribution in [0.4, 0.5) is 4.79 Å². The minimum absolute atomic E-state index is 0.0291. The van der Waals surface area contributed by atoms with E-state index in [1.165, 1.54) is 0 Å². The van der Waals surface area contributed by atoms with Gasteiger partial charge in [-0.05, 0) is 41.0 Å². The number of benzene rings is 2. The molecule has 170 valence electrons. The van der Waals surface area contributed by atoms with Crippen molar-refractivity contribution < 1.29 is 29.0 Å². The van der Waals surface area contributed by atoms with E-state index in [-0.39, 0.29) is 31.7 Å². The zero-order valence-corrected chi connectivity index (χ0v) is 17.9. The second-order valence-corrected chi connectivity index (χ2v) is 7.85. The van der Waals surface area contributed by atoms with E-state index in [9.17, 15) is 14.4 Å². The molecule has 0 bridgehead atoms. The van der Waals surface area contributed by atoms with E-state index in [4.69, 9.17) is 14.6 Å². The summed E-state index contributed by atoms with van der Waals surface area (Å²) in [5.74, 6) is 3.40. The molecule has 2 aliphatic rings. The fraction of sp³-hybridized carbons (Fsp3) is 0.320. The van der Waals surface area contributed by atoms with Gasteiger partial charge in [0.25, 0.3) is 5.91 Å². The average Bonchev–Trinajstić information content (AvgIpc) is 3.42. The first-order valence-electron chi connectivity index (χ1n) is 10.8. The third-order valence-electron chi connectivity index (χ3n) is 5.74. The number of rotatable bonds is 6. The van der Waals surface area contributed by atoms with Gasteiger partial charge < -0.3 is 25.2 Å². The molecule has 4 rings (SSSR count). The van der Waals surface area contributed by atoms with Crippen LogP contribution in [0.2, 0.25) is 0 Å². The van der Waals surface area contributed by atoms with Crippen LogP contribution in [0.15, 0.2) is 48.5 Å². The Morgan fingerprint density at radius 2 is 1.67 bits per heavy atom. The van der Waals surface area contributed by atoms with Crippen molar-refractivity contribution in [2.75, 3.05) is 19.7 Å². The summed E-state index contributed by atoms with van der Waals surface area (Å²) in [6.07, 6.45) is -0.777. The van der Waals surface area contributed by atoms with Crippen molar-refractivity contribution in [1.29, 1.82) is 0 Å². The Bertz CT molecular complexity index is 1070. The second-order valence-electron chi connectivity index (χ2n) is 7.85. The number of carbonyl (C=O) groups is 3. The normalized spacial score (nSPS) is 18.4. The number of carboxylic acids is 1. The number of fused-ring (bicyclic) bond motifs is 3. The molecule has 2 unspecified atom stereocenters. The molecule has 2 atom stereocenters. The Hall–Kier alpha value is -3.83. The van der Waals surface area contributed by atoms with E-state index in [0.717, 1.165) is 22.3 Å². The molecule has 2 aromatic rings. The molecule has 3 N–H and O–H groups in total. The van der Waals surface area contributed by atoms with E-state index >= 15 is 0 Å². The number of ether oxygens (including phenoxy) is 2. The van der Waals surface area contributed by atoms with Crippen molar-refractivity contribution >= 4 is 18.0 Å². The molecule has 2 aromatic carbocycles.